The molecule has 0 aromatic heterocycles. The second-order valence-corrected chi connectivity index (χ2v) is 7.15. The Morgan fingerprint density at radius 2 is 1.71 bits per heavy atom. The first-order valence-corrected chi connectivity index (χ1v) is 9.72. The highest BCUT2D eigenvalue weighted by Gasteiger charge is 2.23. The van der Waals surface area contributed by atoms with Crippen LogP contribution in [0.1, 0.15) is 27.5 Å². The van der Waals surface area contributed by atoms with Crippen LogP contribution in [0.25, 0.3) is 0 Å². The number of rotatable bonds is 7. The third-order valence-corrected chi connectivity index (χ3v) is 4.95. The van der Waals surface area contributed by atoms with Crippen LogP contribution in [0.4, 0.5) is 0 Å². The number of benzene rings is 2. The molecular weight excluding hydrogens is 354 g/mol. The number of carbonyl (C=O) groups is 2. The number of quaternary nitrogens is 1. The third kappa shape index (κ3) is 5.90. The Kier molecular flexibility index (Phi) is 7.17. The van der Waals surface area contributed by atoms with Gasteiger partial charge >= 0.3 is 0 Å². The minimum Gasteiger partial charge on any atom is -0.370 e. The Morgan fingerprint density at radius 1 is 1.04 bits per heavy atom. The Morgan fingerprint density at radius 3 is 2.39 bits per heavy atom. The van der Waals surface area contributed by atoms with Gasteiger partial charge in [-0.3, -0.25) is 9.59 Å². The van der Waals surface area contributed by atoms with Gasteiger partial charge in [0.2, 0.25) is 5.91 Å². The summed E-state index contributed by atoms with van der Waals surface area (Å²) < 4.78 is 5.44. The maximum atomic E-state index is 12.5. The van der Waals surface area contributed by atoms with Gasteiger partial charge in [-0.25, -0.2) is 0 Å². The Labute approximate surface area is 165 Å². The van der Waals surface area contributed by atoms with Crippen molar-refractivity contribution in [2.24, 2.45) is 0 Å². The van der Waals surface area contributed by atoms with Crippen LogP contribution in [0.5, 0.6) is 0 Å². The first kappa shape index (κ1) is 20.0. The van der Waals surface area contributed by atoms with Gasteiger partial charge in [0.05, 0.1) is 19.8 Å². The molecule has 3 N–H and O–H groups in total. The Balaban J connectivity index is 1.60. The molecule has 28 heavy (non-hydrogen) atoms. The SMILES string of the molecule is Cc1ccc([C@@H](C[NH+]2CCOCC2)NC(=O)CNC(=O)c2ccccc2)cc1. The molecule has 2 aromatic rings. The zero-order valence-electron chi connectivity index (χ0n) is 16.2. The molecule has 2 aromatic carbocycles. The molecule has 0 bridgehead atoms. The zero-order valence-corrected chi connectivity index (χ0v) is 16.2. The predicted molar refractivity (Wildman–Crippen MR) is 107 cm³/mol. The highest BCUT2D eigenvalue weighted by atomic mass is 16.5. The standard InChI is InChI=1S/C22H27N3O3/c1-17-7-9-18(10-8-17)20(16-25-11-13-28-14-12-25)24-21(26)15-23-22(27)19-5-3-2-4-6-19/h2-10,20H,11-16H2,1H3,(H,23,27)(H,24,26)/p+1/t20-/m1/s1. The van der Waals surface area contributed by atoms with Crippen LogP contribution in [-0.2, 0) is 9.53 Å². The van der Waals surface area contributed by atoms with E-state index in [2.05, 4.69) is 34.9 Å². The molecule has 6 nitrogen and oxygen atoms in total. The summed E-state index contributed by atoms with van der Waals surface area (Å²) in [6, 6.07) is 17.0. The second kappa shape index (κ2) is 10.0. The van der Waals surface area contributed by atoms with Crippen molar-refractivity contribution in [3.8, 4) is 0 Å². The van der Waals surface area contributed by atoms with Crippen molar-refractivity contribution in [2.45, 2.75) is 13.0 Å². The molecule has 1 aliphatic heterocycles. The lowest BCUT2D eigenvalue weighted by atomic mass is 10.0. The van der Waals surface area contributed by atoms with Crippen molar-refractivity contribution >= 4 is 11.8 Å². The zero-order chi connectivity index (χ0) is 19.8. The summed E-state index contributed by atoms with van der Waals surface area (Å²) in [6.45, 7) is 6.16. The number of amides is 2. The number of ether oxygens (including phenoxy) is 1. The monoisotopic (exact) mass is 382 g/mol. The largest absolute Gasteiger partial charge is 0.370 e. The molecule has 148 valence electrons. The van der Waals surface area contributed by atoms with Crippen molar-refractivity contribution in [3.63, 3.8) is 0 Å². The van der Waals surface area contributed by atoms with E-state index in [0.29, 0.717) is 5.56 Å². The molecule has 1 heterocycles. The Hall–Kier alpha value is -2.70. The lowest BCUT2D eigenvalue weighted by molar-refractivity contribution is -0.909. The first-order chi connectivity index (χ1) is 13.6. The maximum absolute atomic E-state index is 12.5. The van der Waals surface area contributed by atoms with E-state index in [1.165, 1.54) is 10.5 Å². The summed E-state index contributed by atoms with van der Waals surface area (Å²) >= 11 is 0. The van der Waals surface area contributed by atoms with Crippen molar-refractivity contribution in [3.05, 3.63) is 71.3 Å². The van der Waals surface area contributed by atoms with Crippen molar-refractivity contribution in [1.29, 1.82) is 0 Å². The van der Waals surface area contributed by atoms with E-state index >= 15 is 0 Å². The fourth-order valence-corrected chi connectivity index (χ4v) is 3.30. The van der Waals surface area contributed by atoms with Crippen molar-refractivity contribution in [2.75, 3.05) is 39.4 Å². The van der Waals surface area contributed by atoms with E-state index in [4.69, 9.17) is 4.74 Å². The summed E-state index contributed by atoms with van der Waals surface area (Å²) in [7, 11) is 0. The summed E-state index contributed by atoms with van der Waals surface area (Å²) in [5.74, 6) is -0.441. The third-order valence-electron chi connectivity index (χ3n) is 4.95. The Bertz CT molecular complexity index is 771. The van der Waals surface area contributed by atoms with Crippen molar-refractivity contribution in [1.82, 2.24) is 10.6 Å². The first-order valence-electron chi connectivity index (χ1n) is 9.72. The normalized spacial score (nSPS) is 15.6. The highest BCUT2D eigenvalue weighted by molar-refractivity contribution is 5.96. The van der Waals surface area contributed by atoms with Crippen molar-refractivity contribution < 1.29 is 19.2 Å². The molecule has 0 spiro atoms. The van der Waals surface area contributed by atoms with Gasteiger partial charge < -0.3 is 20.3 Å². The predicted octanol–water partition coefficient (Wildman–Crippen LogP) is 0.497. The summed E-state index contributed by atoms with van der Waals surface area (Å²) in [6.07, 6.45) is 0. The minimum atomic E-state index is -0.249. The number of morpholine rings is 1. The van der Waals surface area contributed by atoms with Gasteiger partial charge in [0.15, 0.2) is 0 Å². The molecule has 1 aliphatic rings. The fraction of sp³-hybridized carbons (Fsp3) is 0.364. The minimum absolute atomic E-state index is 0.0471. The molecule has 0 radical (unpaired) electrons. The molecule has 0 unspecified atom stereocenters. The van der Waals surface area contributed by atoms with E-state index in [9.17, 15) is 9.59 Å². The molecule has 3 rings (SSSR count). The quantitative estimate of drug-likeness (QED) is 0.653. The van der Waals surface area contributed by atoms with Crippen LogP contribution in [0.3, 0.4) is 0 Å². The van der Waals surface area contributed by atoms with Crippen LogP contribution in [0.15, 0.2) is 54.6 Å². The van der Waals surface area contributed by atoms with Crippen LogP contribution < -0.4 is 15.5 Å². The van der Waals surface area contributed by atoms with E-state index in [1.807, 2.05) is 13.0 Å². The van der Waals surface area contributed by atoms with Gasteiger partial charge in [0.1, 0.15) is 25.7 Å². The van der Waals surface area contributed by atoms with Crippen LogP contribution >= 0.6 is 0 Å². The summed E-state index contributed by atoms with van der Waals surface area (Å²) in [5.41, 5.74) is 2.80. The average Bonchev–Trinajstić information content (AvgIpc) is 2.73. The van der Waals surface area contributed by atoms with Gasteiger partial charge in [-0.2, -0.15) is 0 Å². The molecule has 6 heteroatoms. The highest BCUT2D eigenvalue weighted by Crippen LogP contribution is 2.12. The second-order valence-electron chi connectivity index (χ2n) is 7.15. The smallest absolute Gasteiger partial charge is 0.251 e. The lowest BCUT2D eigenvalue weighted by Crippen LogP contribution is -3.14. The van der Waals surface area contributed by atoms with E-state index in [-0.39, 0.29) is 24.4 Å². The summed E-state index contributed by atoms with van der Waals surface area (Å²) in [4.78, 5) is 26.1. The molecule has 2 amide bonds. The van der Waals surface area contributed by atoms with Gasteiger partial charge in [-0.15, -0.1) is 0 Å². The fourth-order valence-electron chi connectivity index (χ4n) is 3.30. The molecule has 1 saturated heterocycles. The molecule has 1 atom stereocenters. The molecule has 1 fully saturated rings. The van der Waals surface area contributed by atoms with Gasteiger partial charge in [-0.1, -0.05) is 48.0 Å². The van der Waals surface area contributed by atoms with Crippen LogP contribution in [0, 0.1) is 6.92 Å². The number of carbonyl (C=O) groups excluding carboxylic acids is 2. The lowest BCUT2D eigenvalue weighted by Gasteiger charge is -2.28. The average molecular weight is 382 g/mol. The van der Waals surface area contributed by atoms with E-state index in [1.54, 1.807) is 24.3 Å². The summed E-state index contributed by atoms with van der Waals surface area (Å²) in [5, 5.41) is 5.78. The van der Waals surface area contributed by atoms with E-state index in [0.717, 1.165) is 38.4 Å². The van der Waals surface area contributed by atoms with Gasteiger partial charge in [0, 0.05) is 5.56 Å². The van der Waals surface area contributed by atoms with Gasteiger partial charge in [-0.05, 0) is 24.6 Å². The van der Waals surface area contributed by atoms with Crippen LogP contribution in [-0.4, -0.2) is 51.2 Å². The molecule has 0 saturated carbocycles. The van der Waals surface area contributed by atoms with Crippen LogP contribution in [0.2, 0.25) is 0 Å². The number of nitrogens with one attached hydrogen (secondary N) is 3. The number of aryl methyl sites for hydroxylation is 1. The van der Waals surface area contributed by atoms with Gasteiger partial charge in [0.25, 0.3) is 5.91 Å². The molecular formula is C22H28N3O3+. The molecule has 0 aliphatic carbocycles. The number of hydrogen-bond acceptors (Lipinski definition) is 3. The maximum Gasteiger partial charge on any atom is 0.251 e. The number of hydrogen-bond donors (Lipinski definition) is 3. The topological polar surface area (TPSA) is 71.9 Å². The van der Waals surface area contributed by atoms with E-state index < -0.39 is 0 Å².